The molecule has 0 aromatic carbocycles. The highest BCUT2D eigenvalue weighted by atomic mass is 16.5. The van der Waals surface area contributed by atoms with Gasteiger partial charge in [0.15, 0.2) is 0 Å². The molecular weight excluding hydrogens is 542 g/mol. The minimum Gasteiger partial charge on any atom is -0.464 e. The first-order valence-corrected chi connectivity index (χ1v) is 15.3. The van der Waals surface area contributed by atoms with Gasteiger partial charge in [-0.05, 0) is 60.2 Å². The Bertz CT molecular complexity index is 1110. The summed E-state index contributed by atoms with van der Waals surface area (Å²) in [6, 6.07) is -4.40. The largest absolute Gasteiger partial charge is 0.464 e. The maximum absolute atomic E-state index is 13.9. The third-order valence-corrected chi connectivity index (χ3v) is 9.49. The molecule has 5 N–H and O–H groups in total. The number of piperidine rings is 1. The van der Waals surface area contributed by atoms with Crippen LogP contribution in [-0.4, -0.2) is 77.7 Å². The molecule has 6 atom stereocenters. The molecule has 4 rings (SSSR count). The number of esters is 1. The van der Waals surface area contributed by atoms with E-state index in [9.17, 15) is 28.8 Å². The number of hydrogen-bond acceptors (Lipinski definition) is 7. The standard InChI is InChI=1S/C30H47N5O7/c1-14(2)21(33-29(41)34-22(15(3)4)28(40)42-13-17-9-10-17)27(39)35-12-18-20(30(18,5)6)23(35)26(38)32-19(11-16-7-8-16)24(36)25(31)37/h14-23H,7-13H2,1-6H3,(H2,31,37)(H,32,38)(H2,33,34,41)/t18-,19?,20-,21-,22-,23-/m0/s1. The maximum atomic E-state index is 13.9. The Morgan fingerprint density at radius 1 is 0.881 bits per heavy atom. The number of ketones is 1. The van der Waals surface area contributed by atoms with Gasteiger partial charge in [-0.15, -0.1) is 0 Å². The van der Waals surface area contributed by atoms with Gasteiger partial charge >= 0.3 is 12.0 Å². The fourth-order valence-electron chi connectivity index (χ4n) is 6.25. The van der Waals surface area contributed by atoms with Crippen LogP contribution in [0.25, 0.3) is 0 Å². The average Bonchev–Trinajstić information content (AvgIpc) is 3.86. The zero-order valence-corrected chi connectivity index (χ0v) is 25.6. The quantitative estimate of drug-likeness (QED) is 0.173. The van der Waals surface area contributed by atoms with E-state index in [-0.39, 0.29) is 35.0 Å². The molecule has 12 nitrogen and oxygen atoms in total. The molecule has 0 aromatic heterocycles. The van der Waals surface area contributed by atoms with Crippen LogP contribution in [0.2, 0.25) is 0 Å². The predicted molar refractivity (Wildman–Crippen MR) is 152 cm³/mol. The molecule has 12 heteroatoms. The Morgan fingerprint density at radius 2 is 1.45 bits per heavy atom. The van der Waals surface area contributed by atoms with E-state index in [1.807, 2.05) is 13.8 Å². The number of amides is 5. The Hall–Kier alpha value is -3.18. The number of nitrogens with two attached hydrogens (primary N) is 1. The third kappa shape index (κ3) is 7.06. The van der Waals surface area contributed by atoms with Crippen molar-refractivity contribution in [1.82, 2.24) is 20.9 Å². The summed E-state index contributed by atoms with van der Waals surface area (Å²) in [4.78, 5) is 79.0. The number of nitrogens with zero attached hydrogens (tertiary/aromatic N) is 1. The van der Waals surface area contributed by atoms with Crippen LogP contribution in [0.3, 0.4) is 0 Å². The van der Waals surface area contributed by atoms with Crippen LogP contribution < -0.4 is 21.7 Å². The van der Waals surface area contributed by atoms with Gasteiger partial charge in [-0.1, -0.05) is 54.4 Å². The molecule has 5 amide bonds. The minimum absolute atomic E-state index is 0.0825. The molecule has 234 valence electrons. The van der Waals surface area contributed by atoms with E-state index in [0.717, 1.165) is 25.7 Å². The van der Waals surface area contributed by atoms with Crippen molar-refractivity contribution in [3.63, 3.8) is 0 Å². The van der Waals surface area contributed by atoms with Crippen molar-refractivity contribution in [2.24, 2.45) is 46.7 Å². The van der Waals surface area contributed by atoms with E-state index in [1.54, 1.807) is 27.7 Å². The fourth-order valence-corrected chi connectivity index (χ4v) is 6.25. The summed E-state index contributed by atoms with van der Waals surface area (Å²) in [6.07, 6.45) is 4.24. The molecule has 4 fully saturated rings. The molecular formula is C30H47N5O7. The van der Waals surface area contributed by atoms with Crippen molar-refractivity contribution in [3.05, 3.63) is 0 Å². The normalized spacial score (nSPS) is 26.1. The Labute approximate surface area is 247 Å². The number of likely N-dealkylation sites (tertiary alicyclic amines) is 1. The zero-order chi connectivity index (χ0) is 31.1. The molecule has 0 aromatic rings. The second-order valence-corrected chi connectivity index (χ2v) is 14.0. The molecule has 1 unspecified atom stereocenters. The summed E-state index contributed by atoms with van der Waals surface area (Å²) < 4.78 is 5.39. The summed E-state index contributed by atoms with van der Waals surface area (Å²) in [5.41, 5.74) is 5.08. The second kappa shape index (κ2) is 12.2. The van der Waals surface area contributed by atoms with Crippen LogP contribution >= 0.6 is 0 Å². The van der Waals surface area contributed by atoms with Crippen LogP contribution in [0, 0.1) is 40.9 Å². The van der Waals surface area contributed by atoms with Gasteiger partial charge in [0.25, 0.3) is 5.91 Å². The van der Waals surface area contributed by atoms with E-state index >= 15 is 0 Å². The number of ether oxygens (including phenoxy) is 1. The SMILES string of the molecule is CC(C)[C@H](NC(=O)N[C@H](C(=O)N1C[C@H]2[C@@H]([C@H]1C(=O)NC(CC1CC1)C(=O)C(N)=O)C2(C)C)C(C)C)C(=O)OCC1CC1. The van der Waals surface area contributed by atoms with E-state index in [2.05, 4.69) is 16.0 Å². The van der Waals surface area contributed by atoms with Gasteiger partial charge in [0.1, 0.15) is 18.1 Å². The van der Waals surface area contributed by atoms with Crippen molar-refractivity contribution in [2.75, 3.05) is 13.2 Å². The van der Waals surface area contributed by atoms with E-state index in [1.165, 1.54) is 4.90 Å². The highest BCUT2D eigenvalue weighted by molar-refractivity contribution is 6.37. The molecule has 1 aliphatic heterocycles. The molecule has 42 heavy (non-hydrogen) atoms. The van der Waals surface area contributed by atoms with E-state index in [0.29, 0.717) is 25.5 Å². The molecule has 0 spiro atoms. The number of nitrogens with one attached hydrogen (secondary N) is 3. The van der Waals surface area contributed by atoms with Gasteiger partial charge < -0.3 is 31.3 Å². The molecule has 3 saturated carbocycles. The maximum Gasteiger partial charge on any atom is 0.328 e. The number of urea groups is 1. The van der Waals surface area contributed by atoms with Crippen LogP contribution in [0.1, 0.15) is 73.6 Å². The molecule has 3 aliphatic carbocycles. The fraction of sp³-hybridized carbons (Fsp3) is 0.800. The first-order valence-electron chi connectivity index (χ1n) is 15.3. The number of Topliss-reactive ketones (excluding diaryl/α,β-unsaturated/α-hetero) is 1. The lowest BCUT2D eigenvalue weighted by Gasteiger charge is -2.35. The summed E-state index contributed by atoms with van der Waals surface area (Å²) in [5, 5.41) is 8.15. The lowest BCUT2D eigenvalue weighted by atomic mass is 9.96. The smallest absolute Gasteiger partial charge is 0.328 e. The monoisotopic (exact) mass is 589 g/mol. The summed E-state index contributed by atoms with van der Waals surface area (Å²) >= 11 is 0. The van der Waals surface area contributed by atoms with Crippen LogP contribution in [0.15, 0.2) is 0 Å². The van der Waals surface area contributed by atoms with E-state index in [4.69, 9.17) is 10.5 Å². The second-order valence-electron chi connectivity index (χ2n) is 14.0. The Kier molecular flexibility index (Phi) is 9.22. The summed E-state index contributed by atoms with van der Waals surface area (Å²) in [5.74, 6) is -3.32. The number of fused-ring (bicyclic) bond motifs is 1. The number of primary amides is 1. The third-order valence-electron chi connectivity index (χ3n) is 9.49. The first-order chi connectivity index (χ1) is 19.6. The topological polar surface area (TPSA) is 177 Å². The highest BCUT2D eigenvalue weighted by Crippen LogP contribution is 2.65. The van der Waals surface area contributed by atoms with Gasteiger partial charge in [-0.25, -0.2) is 9.59 Å². The van der Waals surface area contributed by atoms with Crippen molar-refractivity contribution < 1.29 is 33.5 Å². The molecule has 0 radical (unpaired) electrons. The molecule has 4 aliphatic rings. The van der Waals surface area contributed by atoms with Crippen LogP contribution in [0.5, 0.6) is 0 Å². The summed E-state index contributed by atoms with van der Waals surface area (Å²) in [7, 11) is 0. The number of hydrogen-bond donors (Lipinski definition) is 4. The highest BCUT2D eigenvalue weighted by Gasteiger charge is 2.69. The van der Waals surface area contributed by atoms with Crippen molar-refractivity contribution >= 4 is 35.5 Å². The number of carbonyl (C=O) groups is 6. The Balaban J connectivity index is 1.45. The van der Waals surface area contributed by atoms with Gasteiger partial charge in [0.2, 0.25) is 17.6 Å². The van der Waals surface area contributed by atoms with Crippen LogP contribution in [-0.2, 0) is 28.7 Å². The lowest BCUT2D eigenvalue weighted by molar-refractivity contribution is -0.147. The average molecular weight is 590 g/mol. The number of rotatable bonds is 14. The van der Waals surface area contributed by atoms with Crippen molar-refractivity contribution in [2.45, 2.75) is 97.8 Å². The van der Waals surface area contributed by atoms with Gasteiger partial charge in [-0.3, -0.25) is 19.2 Å². The summed E-state index contributed by atoms with van der Waals surface area (Å²) in [6.45, 7) is 11.9. The lowest BCUT2D eigenvalue weighted by Crippen LogP contribution is -2.60. The predicted octanol–water partition coefficient (Wildman–Crippen LogP) is 1.11. The molecule has 1 saturated heterocycles. The first kappa shape index (κ1) is 31.7. The minimum atomic E-state index is -1.10. The van der Waals surface area contributed by atoms with Gasteiger partial charge in [0.05, 0.1) is 12.6 Å². The van der Waals surface area contributed by atoms with Gasteiger partial charge in [0, 0.05) is 6.54 Å². The van der Waals surface area contributed by atoms with Crippen molar-refractivity contribution in [1.29, 1.82) is 0 Å². The molecule has 0 bridgehead atoms. The van der Waals surface area contributed by atoms with Crippen molar-refractivity contribution in [3.8, 4) is 0 Å². The molecule has 1 heterocycles. The van der Waals surface area contributed by atoms with E-state index < -0.39 is 59.7 Å². The Morgan fingerprint density at radius 3 is 1.98 bits per heavy atom. The number of carbonyl (C=O) groups excluding carboxylic acids is 6. The van der Waals surface area contributed by atoms with Gasteiger partial charge in [-0.2, -0.15) is 0 Å². The zero-order valence-electron chi connectivity index (χ0n) is 25.6. The van der Waals surface area contributed by atoms with Crippen LogP contribution in [0.4, 0.5) is 4.79 Å².